The van der Waals surface area contributed by atoms with E-state index in [1.54, 1.807) is 0 Å². The molecule has 0 aliphatic carbocycles. The van der Waals surface area contributed by atoms with Gasteiger partial charge < -0.3 is 0 Å². The summed E-state index contributed by atoms with van der Waals surface area (Å²) in [6, 6.07) is 16.6. The van der Waals surface area contributed by atoms with Gasteiger partial charge in [-0.05, 0) is 56.0 Å². The number of benzene rings is 3. The van der Waals surface area contributed by atoms with E-state index in [4.69, 9.17) is 11.6 Å². The predicted octanol–water partition coefficient (Wildman–Crippen LogP) is 5.95. The largest absolute Gasteiger partial charge is 0.293 e. The van der Waals surface area contributed by atoms with E-state index in [0.717, 1.165) is 32.1 Å². The molecule has 0 saturated heterocycles. The summed E-state index contributed by atoms with van der Waals surface area (Å²) < 4.78 is 0. The van der Waals surface area contributed by atoms with Crippen molar-refractivity contribution < 1.29 is 4.79 Å². The topological polar surface area (TPSA) is 20.3 Å². The molecule has 3 aromatic carbocycles. The Balaban J connectivity index is 2.05. The normalized spacial score (nSPS) is 12.0. The Bertz CT molecular complexity index is 922. The second-order valence-electron chi connectivity index (χ2n) is 7.12. The molecule has 3 rings (SSSR count). The Kier molecular flexibility index (Phi) is 5.12. The number of hydrogen-bond acceptors (Lipinski definition) is 2. The van der Waals surface area contributed by atoms with Gasteiger partial charge in [0.15, 0.2) is 5.78 Å². The van der Waals surface area contributed by atoms with Crippen LogP contribution in [0.25, 0.3) is 21.5 Å². The highest BCUT2D eigenvalue weighted by Gasteiger charge is 2.18. The van der Waals surface area contributed by atoms with Crippen molar-refractivity contribution in [3.63, 3.8) is 0 Å². The number of nitrogens with zero attached hydrogens (tertiary/aromatic N) is 1. The third-order valence-corrected chi connectivity index (χ3v) is 5.10. The molecule has 0 aliphatic rings. The minimum atomic E-state index is 0.156. The van der Waals surface area contributed by atoms with Gasteiger partial charge in [-0.3, -0.25) is 9.69 Å². The lowest BCUT2D eigenvalue weighted by Gasteiger charge is -2.29. The van der Waals surface area contributed by atoms with Gasteiger partial charge in [0.2, 0.25) is 0 Å². The number of fused-ring (bicyclic) bond motifs is 3. The Morgan fingerprint density at radius 1 is 0.920 bits per heavy atom. The van der Waals surface area contributed by atoms with E-state index in [2.05, 4.69) is 38.7 Å². The van der Waals surface area contributed by atoms with Gasteiger partial charge in [0.1, 0.15) is 0 Å². The Labute approximate surface area is 154 Å². The van der Waals surface area contributed by atoms with Crippen LogP contribution < -0.4 is 0 Å². The number of carbonyl (C=O) groups excluding carboxylic acids is 1. The lowest BCUT2D eigenvalue weighted by Crippen LogP contribution is -2.40. The first-order chi connectivity index (χ1) is 11.9. The van der Waals surface area contributed by atoms with Gasteiger partial charge in [-0.25, -0.2) is 0 Å². The summed E-state index contributed by atoms with van der Waals surface area (Å²) in [7, 11) is 0. The number of Topliss-reactive ketones (excluding diaryl/α,β-unsaturated/α-hetero) is 1. The maximum absolute atomic E-state index is 12.8. The lowest BCUT2D eigenvalue weighted by atomic mass is 9.98. The zero-order chi connectivity index (χ0) is 18.1. The fourth-order valence-electron chi connectivity index (χ4n) is 3.45. The standard InChI is InChI=1S/C22H24ClNO/c1-14(2)24(15(3)4)13-22(25)17-10-9-16-12-21(23)19-8-6-5-7-18(19)20(16)11-17/h5-12,14-15H,13H2,1-4H3. The molecule has 3 aromatic rings. The molecule has 0 amide bonds. The lowest BCUT2D eigenvalue weighted by molar-refractivity contribution is 0.0867. The second kappa shape index (κ2) is 7.15. The first kappa shape index (κ1) is 17.9. The van der Waals surface area contributed by atoms with Gasteiger partial charge in [-0.1, -0.05) is 48.0 Å². The quantitative estimate of drug-likeness (QED) is 0.417. The summed E-state index contributed by atoms with van der Waals surface area (Å²) in [5, 5.41) is 4.99. The highest BCUT2D eigenvalue weighted by molar-refractivity contribution is 6.37. The predicted molar refractivity (Wildman–Crippen MR) is 108 cm³/mol. The highest BCUT2D eigenvalue weighted by atomic mass is 35.5. The average molecular weight is 354 g/mol. The van der Waals surface area contributed by atoms with Crippen molar-refractivity contribution in [1.29, 1.82) is 0 Å². The van der Waals surface area contributed by atoms with E-state index < -0.39 is 0 Å². The number of ketones is 1. The minimum absolute atomic E-state index is 0.156. The monoisotopic (exact) mass is 353 g/mol. The van der Waals surface area contributed by atoms with Crippen LogP contribution in [0.1, 0.15) is 38.1 Å². The molecular formula is C22H24ClNO. The number of rotatable bonds is 5. The number of carbonyl (C=O) groups is 1. The molecule has 0 atom stereocenters. The molecule has 0 radical (unpaired) electrons. The van der Waals surface area contributed by atoms with Crippen LogP contribution >= 0.6 is 11.6 Å². The summed E-state index contributed by atoms with van der Waals surface area (Å²) in [6.07, 6.45) is 0. The third kappa shape index (κ3) is 3.56. The molecule has 0 N–H and O–H groups in total. The van der Waals surface area contributed by atoms with Gasteiger partial charge in [-0.15, -0.1) is 0 Å². The molecule has 0 bridgehead atoms. The fourth-order valence-corrected chi connectivity index (χ4v) is 3.73. The summed E-state index contributed by atoms with van der Waals surface area (Å²) in [5.74, 6) is 0.156. The van der Waals surface area contributed by atoms with Crippen LogP contribution in [0.4, 0.5) is 0 Å². The summed E-state index contributed by atoms with van der Waals surface area (Å²) >= 11 is 6.40. The van der Waals surface area contributed by atoms with Gasteiger partial charge in [0.25, 0.3) is 0 Å². The first-order valence-corrected chi connectivity index (χ1v) is 9.16. The summed E-state index contributed by atoms with van der Waals surface area (Å²) in [6.45, 7) is 8.95. The molecular weight excluding hydrogens is 330 g/mol. The van der Waals surface area contributed by atoms with Crippen LogP contribution in [-0.2, 0) is 0 Å². The van der Waals surface area contributed by atoms with Crippen molar-refractivity contribution in [2.75, 3.05) is 6.54 Å². The maximum Gasteiger partial charge on any atom is 0.176 e. The van der Waals surface area contributed by atoms with Gasteiger partial charge >= 0.3 is 0 Å². The molecule has 0 unspecified atom stereocenters. The highest BCUT2D eigenvalue weighted by Crippen LogP contribution is 2.32. The number of halogens is 1. The van der Waals surface area contributed by atoms with Crippen LogP contribution in [0.2, 0.25) is 5.02 Å². The zero-order valence-electron chi connectivity index (χ0n) is 15.2. The third-order valence-electron chi connectivity index (χ3n) is 4.78. The molecule has 0 spiro atoms. The smallest absolute Gasteiger partial charge is 0.176 e. The molecule has 0 heterocycles. The van der Waals surface area contributed by atoms with Crippen LogP contribution in [0, 0.1) is 0 Å². The fraction of sp³-hybridized carbons (Fsp3) is 0.318. The van der Waals surface area contributed by atoms with Crippen LogP contribution in [-0.4, -0.2) is 29.3 Å². The van der Waals surface area contributed by atoms with Gasteiger partial charge in [0, 0.05) is 28.1 Å². The van der Waals surface area contributed by atoms with Gasteiger partial charge in [0.05, 0.1) is 6.54 Å². The Morgan fingerprint density at radius 2 is 1.56 bits per heavy atom. The molecule has 0 saturated carbocycles. The second-order valence-corrected chi connectivity index (χ2v) is 7.53. The molecule has 130 valence electrons. The van der Waals surface area contributed by atoms with Crippen LogP contribution in [0.15, 0.2) is 48.5 Å². The van der Waals surface area contributed by atoms with E-state index in [0.29, 0.717) is 18.6 Å². The van der Waals surface area contributed by atoms with Crippen molar-refractivity contribution in [3.05, 3.63) is 59.1 Å². The molecule has 0 aromatic heterocycles. The van der Waals surface area contributed by atoms with Crippen molar-refractivity contribution in [1.82, 2.24) is 4.90 Å². The van der Waals surface area contributed by atoms with E-state index in [1.807, 2.05) is 42.5 Å². The van der Waals surface area contributed by atoms with Gasteiger partial charge in [-0.2, -0.15) is 0 Å². The van der Waals surface area contributed by atoms with Crippen molar-refractivity contribution >= 4 is 38.9 Å². The van der Waals surface area contributed by atoms with E-state index >= 15 is 0 Å². The SMILES string of the molecule is CC(C)N(CC(=O)c1ccc2cc(Cl)c3ccccc3c2c1)C(C)C. The molecule has 0 fully saturated rings. The van der Waals surface area contributed by atoms with E-state index in [1.165, 1.54) is 0 Å². The Morgan fingerprint density at radius 3 is 2.20 bits per heavy atom. The first-order valence-electron chi connectivity index (χ1n) is 8.78. The molecule has 25 heavy (non-hydrogen) atoms. The van der Waals surface area contributed by atoms with Crippen LogP contribution in [0.5, 0.6) is 0 Å². The van der Waals surface area contributed by atoms with Crippen molar-refractivity contribution in [2.24, 2.45) is 0 Å². The summed E-state index contributed by atoms with van der Waals surface area (Å²) in [5.41, 5.74) is 0.756. The van der Waals surface area contributed by atoms with Crippen LogP contribution in [0.3, 0.4) is 0 Å². The molecule has 2 nitrogen and oxygen atoms in total. The average Bonchev–Trinajstić information content (AvgIpc) is 2.59. The van der Waals surface area contributed by atoms with E-state index in [-0.39, 0.29) is 5.78 Å². The van der Waals surface area contributed by atoms with Crippen molar-refractivity contribution in [3.8, 4) is 0 Å². The zero-order valence-corrected chi connectivity index (χ0v) is 16.0. The Hall–Kier alpha value is -1.90. The molecule has 0 aliphatic heterocycles. The maximum atomic E-state index is 12.8. The minimum Gasteiger partial charge on any atom is -0.293 e. The number of hydrogen-bond donors (Lipinski definition) is 0. The van der Waals surface area contributed by atoms with E-state index in [9.17, 15) is 4.79 Å². The summed E-state index contributed by atoms with van der Waals surface area (Å²) in [4.78, 5) is 15.1. The molecule has 3 heteroatoms. The van der Waals surface area contributed by atoms with Crippen molar-refractivity contribution in [2.45, 2.75) is 39.8 Å².